The van der Waals surface area contributed by atoms with Crippen molar-refractivity contribution < 1.29 is 9.53 Å². The molecule has 0 aliphatic carbocycles. The number of nitrogens with zero attached hydrogens (tertiary/aromatic N) is 2. The Balaban J connectivity index is 1.96. The molecule has 1 aliphatic heterocycles. The van der Waals surface area contributed by atoms with Gasteiger partial charge in [-0.1, -0.05) is 65.4 Å². The van der Waals surface area contributed by atoms with Crippen LogP contribution in [0.3, 0.4) is 0 Å². The summed E-state index contributed by atoms with van der Waals surface area (Å²) in [5, 5.41) is 0.577. The highest BCUT2D eigenvalue weighted by atomic mass is 35.5. The predicted octanol–water partition coefficient (Wildman–Crippen LogP) is 3.45. The first-order valence-electron chi connectivity index (χ1n) is 9.49. The van der Waals surface area contributed by atoms with Gasteiger partial charge >= 0.3 is 5.97 Å². The minimum Gasteiger partial charge on any atom is -0.463 e. The van der Waals surface area contributed by atoms with Gasteiger partial charge in [0, 0.05) is 5.02 Å². The summed E-state index contributed by atoms with van der Waals surface area (Å²) < 4.78 is 7.41. The molecule has 0 fully saturated rings. The van der Waals surface area contributed by atoms with Crippen molar-refractivity contribution in [2.24, 2.45) is 4.99 Å². The highest BCUT2D eigenvalue weighted by Crippen LogP contribution is 2.31. The fourth-order valence-electron chi connectivity index (χ4n) is 3.45. The second-order valence-electron chi connectivity index (χ2n) is 6.76. The molecule has 0 saturated carbocycles. The zero-order valence-corrected chi connectivity index (χ0v) is 18.0. The van der Waals surface area contributed by atoms with Crippen molar-refractivity contribution >= 4 is 35.0 Å². The van der Waals surface area contributed by atoms with E-state index in [1.807, 2.05) is 48.5 Å². The molecule has 7 heteroatoms. The van der Waals surface area contributed by atoms with Gasteiger partial charge in [-0.05, 0) is 43.2 Å². The number of halogens is 1. The van der Waals surface area contributed by atoms with Crippen LogP contribution < -0.4 is 14.9 Å². The van der Waals surface area contributed by atoms with Crippen LogP contribution >= 0.6 is 22.9 Å². The lowest BCUT2D eigenvalue weighted by Crippen LogP contribution is -2.39. The molecule has 0 amide bonds. The maximum absolute atomic E-state index is 13.4. The van der Waals surface area contributed by atoms with E-state index in [4.69, 9.17) is 16.3 Å². The van der Waals surface area contributed by atoms with E-state index in [0.717, 1.165) is 11.1 Å². The standard InChI is InChI=1S/C23H19ClN2O3S/c1-3-29-22(28)19-14(2)25-23-26(20(19)16-9-11-17(24)12-10-16)21(27)18(30-23)13-15-7-5-4-6-8-15/h4-13,20H,3H2,1-2H3/b18-13-. The number of thiazole rings is 1. The number of hydrogen-bond acceptors (Lipinski definition) is 5. The molecule has 2 aromatic carbocycles. The molecular formula is C23H19ClN2O3S. The number of allylic oxidation sites excluding steroid dienone is 1. The number of carbonyl (C=O) groups is 1. The highest BCUT2D eigenvalue weighted by molar-refractivity contribution is 7.07. The van der Waals surface area contributed by atoms with Gasteiger partial charge in [0.2, 0.25) is 0 Å². The van der Waals surface area contributed by atoms with Crippen LogP contribution in [0.4, 0.5) is 0 Å². The molecule has 0 bridgehead atoms. The Morgan fingerprint density at radius 1 is 1.20 bits per heavy atom. The van der Waals surface area contributed by atoms with E-state index in [2.05, 4.69) is 4.99 Å². The molecule has 1 atom stereocenters. The van der Waals surface area contributed by atoms with Crippen molar-refractivity contribution in [2.75, 3.05) is 6.61 Å². The Kier molecular flexibility index (Phi) is 5.70. The second-order valence-corrected chi connectivity index (χ2v) is 8.21. The van der Waals surface area contributed by atoms with Crippen molar-refractivity contribution in [3.05, 3.63) is 102 Å². The van der Waals surface area contributed by atoms with Crippen LogP contribution in [0.2, 0.25) is 5.02 Å². The van der Waals surface area contributed by atoms with Gasteiger partial charge in [0.15, 0.2) is 4.80 Å². The first kappa shape index (κ1) is 20.3. The smallest absolute Gasteiger partial charge is 0.338 e. The lowest BCUT2D eigenvalue weighted by molar-refractivity contribution is -0.139. The molecule has 1 aliphatic rings. The van der Waals surface area contributed by atoms with E-state index in [-0.39, 0.29) is 12.2 Å². The molecule has 2 heterocycles. The highest BCUT2D eigenvalue weighted by Gasteiger charge is 2.33. The van der Waals surface area contributed by atoms with Crippen molar-refractivity contribution in [1.82, 2.24) is 4.57 Å². The van der Waals surface area contributed by atoms with Crippen LogP contribution in [0.5, 0.6) is 0 Å². The van der Waals surface area contributed by atoms with Crippen molar-refractivity contribution in [3.63, 3.8) is 0 Å². The van der Waals surface area contributed by atoms with Gasteiger partial charge < -0.3 is 4.74 Å². The van der Waals surface area contributed by atoms with Crippen LogP contribution in [-0.4, -0.2) is 17.1 Å². The van der Waals surface area contributed by atoms with E-state index in [0.29, 0.717) is 25.6 Å². The molecule has 152 valence electrons. The molecular weight excluding hydrogens is 420 g/mol. The van der Waals surface area contributed by atoms with Crippen LogP contribution in [0.1, 0.15) is 31.0 Å². The molecule has 0 radical (unpaired) electrons. The number of rotatable bonds is 4. The van der Waals surface area contributed by atoms with Crippen LogP contribution in [-0.2, 0) is 9.53 Å². The normalized spacial score (nSPS) is 16.2. The van der Waals surface area contributed by atoms with E-state index in [9.17, 15) is 9.59 Å². The van der Waals surface area contributed by atoms with E-state index < -0.39 is 12.0 Å². The Morgan fingerprint density at radius 3 is 2.57 bits per heavy atom. The summed E-state index contributed by atoms with van der Waals surface area (Å²) >= 11 is 7.37. The maximum atomic E-state index is 13.4. The molecule has 0 N–H and O–H groups in total. The summed E-state index contributed by atoms with van der Waals surface area (Å²) in [6.07, 6.45) is 1.84. The van der Waals surface area contributed by atoms with E-state index in [1.165, 1.54) is 11.3 Å². The maximum Gasteiger partial charge on any atom is 0.338 e. The lowest BCUT2D eigenvalue weighted by atomic mass is 9.96. The zero-order valence-electron chi connectivity index (χ0n) is 16.5. The summed E-state index contributed by atoms with van der Waals surface area (Å²) in [7, 11) is 0. The molecule has 1 aromatic heterocycles. The number of benzene rings is 2. The first-order chi connectivity index (χ1) is 14.5. The second kappa shape index (κ2) is 8.42. The average Bonchev–Trinajstić information content (AvgIpc) is 3.03. The summed E-state index contributed by atoms with van der Waals surface area (Å²) in [5.41, 5.74) is 2.40. The quantitative estimate of drug-likeness (QED) is 0.586. The Labute approximate surface area is 182 Å². The van der Waals surface area contributed by atoms with Gasteiger partial charge in [0.1, 0.15) is 0 Å². The number of carbonyl (C=O) groups excluding carboxylic acids is 1. The molecule has 5 nitrogen and oxygen atoms in total. The SMILES string of the molecule is CCOC(=O)C1=C(C)N=c2s/c(=C\c3ccccc3)c(=O)n2C1c1ccc(Cl)cc1. The number of hydrogen-bond donors (Lipinski definition) is 0. The van der Waals surface area contributed by atoms with Gasteiger partial charge in [0.25, 0.3) is 5.56 Å². The van der Waals surface area contributed by atoms with E-state index >= 15 is 0 Å². The van der Waals surface area contributed by atoms with Gasteiger partial charge in [-0.15, -0.1) is 0 Å². The topological polar surface area (TPSA) is 60.7 Å². The first-order valence-corrected chi connectivity index (χ1v) is 10.7. The molecule has 30 heavy (non-hydrogen) atoms. The third-order valence-corrected chi connectivity index (χ3v) is 6.04. The number of esters is 1. The third-order valence-electron chi connectivity index (χ3n) is 4.80. The van der Waals surface area contributed by atoms with Gasteiger partial charge in [-0.3, -0.25) is 9.36 Å². The average molecular weight is 439 g/mol. The summed E-state index contributed by atoms with van der Waals surface area (Å²) in [6.45, 7) is 3.75. The Bertz CT molecular complexity index is 1310. The number of fused-ring (bicyclic) bond motifs is 1. The van der Waals surface area contributed by atoms with Crippen molar-refractivity contribution in [2.45, 2.75) is 19.9 Å². The minimum atomic E-state index is -0.629. The number of ether oxygens (including phenoxy) is 1. The predicted molar refractivity (Wildman–Crippen MR) is 118 cm³/mol. The van der Waals surface area contributed by atoms with Crippen LogP contribution in [0.15, 0.2) is 75.7 Å². The monoisotopic (exact) mass is 438 g/mol. The zero-order chi connectivity index (χ0) is 21.3. The van der Waals surface area contributed by atoms with Crippen LogP contribution in [0.25, 0.3) is 6.08 Å². The molecule has 0 spiro atoms. The summed E-state index contributed by atoms with van der Waals surface area (Å²) in [5.74, 6) is -0.476. The summed E-state index contributed by atoms with van der Waals surface area (Å²) in [6, 6.07) is 16.1. The molecule has 1 unspecified atom stereocenters. The molecule has 4 rings (SSSR count). The molecule has 3 aromatic rings. The van der Waals surface area contributed by atoms with Gasteiger partial charge in [-0.2, -0.15) is 0 Å². The Morgan fingerprint density at radius 2 is 1.90 bits per heavy atom. The minimum absolute atomic E-state index is 0.197. The Hall–Kier alpha value is -2.96. The molecule has 0 saturated heterocycles. The lowest BCUT2D eigenvalue weighted by Gasteiger charge is -2.24. The van der Waals surface area contributed by atoms with Crippen molar-refractivity contribution in [3.8, 4) is 0 Å². The number of aromatic nitrogens is 1. The fraction of sp³-hybridized carbons (Fsp3) is 0.174. The van der Waals surface area contributed by atoms with E-state index in [1.54, 1.807) is 30.5 Å². The fourth-order valence-corrected chi connectivity index (χ4v) is 4.63. The van der Waals surface area contributed by atoms with Crippen LogP contribution in [0, 0.1) is 0 Å². The van der Waals surface area contributed by atoms with Gasteiger partial charge in [-0.25, -0.2) is 9.79 Å². The van der Waals surface area contributed by atoms with Gasteiger partial charge in [0.05, 0.1) is 28.5 Å². The summed E-state index contributed by atoms with van der Waals surface area (Å²) in [4.78, 5) is 31.3. The van der Waals surface area contributed by atoms with Crippen molar-refractivity contribution in [1.29, 1.82) is 0 Å². The third kappa shape index (κ3) is 3.76. The largest absolute Gasteiger partial charge is 0.463 e.